The summed E-state index contributed by atoms with van der Waals surface area (Å²) in [5, 5.41) is 12.4. The molecule has 0 bridgehead atoms. The van der Waals surface area contributed by atoms with Crippen molar-refractivity contribution in [2.75, 3.05) is 13.2 Å². The zero-order chi connectivity index (χ0) is 14.7. The predicted molar refractivity (Wildman–Crippen MR) is 81.9 cm³/mol. The molecule has 1 aromatic carbocycles. The molecule has 0 radical (unpaired) electrons. The minimum atomic E-state index is -0.153. The molecule has 2 fully saturated rings. The van der Waals surface area contributed by atoms with Crippen molar-refractivity contribution in [1.29, 1.82) is 0 Å². The summed E-state index contributed by atoms with van der Waals surface area (Å²) in [7, 11) is 0. The van der Waals surface area contributed by atoms with Gasteiger partial charge in [-0.1, -0.05) is 30.3 Å². The summed E-state index contributed by atoms with van der Waals surface area (Å²) in [4.78, 5) is 14.6. The highest BCUT2D eigenvalue weighted by molar-refractivity contribution is 5.76. The maximum absolute atomic E-state index is 12.6. The predicted octanol–water partition coefficient (Wildman–Crippen LogP) is 2.62. The summed E-state index contributed by atoms with van der Waals surface area (Å²) in [6.45, 7) is 0.958. The second-order valence-corrected chi connectivity index (χ2v) is 6.23. The van der Waals surface area contributed by atoms with Crippen LogP contribution in [0.1, 0.15) is 44.1 Å². The number of rotatable bonds is 4. The van der Waals surface area contributed by atoms with Crippen LogP contribution in [0.15, 0.2) is 30.3 Å². The first kappa shape index (κ1) is 14.4. The molecule has 0 aromatic heterocycles. The first-order valence-electron chi connectivity index (χ1n) is 8.00. The lowest BCUT2D eigenvalue weighted by molar-refractivity contribution is 0.128. The molecule has 1 saturated heterocycles. The van der Waals surface area contributed by atoms with Crippen LogP contribution >= 0.6 is 0 Å². The fourth-order valence-corrected chi connectivity index (χ4v) is 3.36. The number of hydrogen-bond donors (Lipinski definition) is 2. The van der Waals surface area contributed by atoms with E-state index in [9.17, 15) is 9.90 Å². The zero-order valence-electron chi connectivity index (χ0n) is 12.4. The van der Waals surface area contributed by atoms with Crippen LogP contribution in [-0.2, 0) is 5.54 Å². The summed E-state index contributed by atoms with van der Waals surface area (Å²) in [5.74, 6) is 0. The molecule has 1 atom stereocenters. The molecule has 0 spiro atoms. The smallest absolute Gasteiger partial charge is 0.318 e. The van der Waals surface area contributed by atoms with Gasteiger partial charge in [-0.2, -0.15) is 0 Å². The normalized spacial score (nSPS) is 23.7. The van der Waals surface area contributed by atoms with Crippen molar-refractivity contribution in [1.82, 2.24) is 10.2 Å². The van der Waals surface area contributed by atoms with Crippen molar-refractivity contribution in [3.05, 3.63) is 35.9 Å². The van der Waals surface area contributed by atoms with Crippen LogP contribution in [0.25, 0.3) is 0 Å². The van der Waals surface area contributed by atoms with E-state index < -0.39 is 0 Å². The number of amides is 2. The molecule has 1 aliphatic heterocycles. The lowest BCUT2D eigenvalue weighted by Crippen LogP contribution is -2.51. The average molecular weight is 288 g/mol. The molecule has 1 heterocycles. The quantitative estimate of drug-likeness (QED) is 0.895. The van der Waals surface area contributed by atoms with Crippen molar-refractivity contribution in [3.63, 3.8) is 0 Å². The van der Waals surface area contributed by atoms with Crippen LogP contribution in [0.2, 0.25) is 0 Å². The molecule has 2 N–H and O–H groups in total. The van der Waals surface area contributed by atoms with Gasteiger partial charge in [-0.05, 0) is 44.1 Å². The van der Waals surface area contributed by atoms with Gasteiger partial charge in [0.1, 0.15) is 0 Å². The molecule has 21 heavy (non-hydrogen) atoms. The van der Waals surface area contributed by atoms with Crippen molar-refractivity contribution < 1.29 is 9.90 Å². The second-order valence-electron chi connectivity index (χ2n) is 6.23. The Morgan fingerprint density at radius 2 is 2.05 bits per heavy atom. The van der Waals surface area contributed by atoms with Crippen LogP contribution in [0, 0.1) is 0 Å². The average Bonchev–Trinajstić information content (AvgIpc) is 3.30. The molecule has 4 heteroatoms. The third-order valence-corrected chi connectivity index (χ3v) is 4.77. The minimum Gasteiger partial charge on any atom is -0.396 e. The molecular formula is C17H24N2O2. The van der Waals surface area contributed by atoms with Crippen molar-refractivity contribution in [2.45, 2.75) is 50.1 Å². The number of urea groups is 1. The van der Waals surface area contributed by atoms with E-state index in [0.29, 0.717) is 6.42 Å². The number of nitrogens with one attached hydrogen (secondary N) is 1. The van der Waals surface area contributed by atoms with Gasteiger partial charge in [0.2, 0.25) is 0 Å². The Kier molecular flexibility index (Phi) is 4.15. The van der Waals surface area contributed by atoms with Crippen molar-refractivity contribution >= 4 is 6.03 Å². The monoisotopic (exact) mass is 288 g/mol. The van der Waals surface area contributed by atoms with Gasteiger partial charge in [0.15, 0.2) is 0 Å². The molecule has 2 amide bonds. The van der Waals surface area contributed by atoms with Crippen LogP contribution in [-0.4, -0.2) is 35.2 Å². The third-order valence-electron chi connectivity index (χ3n) is 4.77. The molecule has 114 valence electrons. The first-order valence-corrected chi connectivity index (χ1v) is 8.00. The van der Waals surface area contributed by atoms with E-state index in [-0.39, 0.29) is 24.2 Å². The van der Waals surface area contributed by atoms with Crippen LogP contribution < -0.4 is 5.32 Å². The van der Waals surface area contributed by atoms with Gasteiger partial charge < -0.3 is 15.3 Å². The Morgan fingerprint density at radius 3 is 2.71 bits per heavy atom. The van der Waals surface area contributed by atoms with Gasteiger partial charge in [-0.15, -0.1) is 0 Å². The van der Waals surface area contributed by atoms with Crippen molar-refractivity contribution in [3.8, 4) is 0 Å². The van der Waals surface area contributed by atoms with Crippen LogP contribution in [0.5, 0.6) is 0 Å². The van der Waals surface area contributed by atoms with E-state index in [1.54, 1.807) is 0 Å². The summed E-state index contributed by atoms with van der Waals surface area (Å²) >= 11 is 0. The van der Waals surface area contributed by atoms with Gasteiger partial charge in [-0.25, -0.2) is 4.79 Å². The lowest BCUT2D eigenvalue weighted by atomic mass is 10.00. The fraction of sp³-hybridized carbons (Fsp3) is 0.588. The molecule has 2 aliphatic rings. The van der Waals surface area contributed by atoms with Crippen LogP contribution in [0.3, 0.4) is 0 Å². The van der Waals surface area contributed by atoms with Gasteiger partial charge in [-0.3, -0.25) is 0 Å². The largest absolute Gasteiger partial charge is 0.396 e. The van der Waals surface area contributed by atoms with Gasteiger partial charge in [0, 0.05) is 19.2 Å². The second kappa shape index (κ2) is 6.06. The zero-order valence-corrected chi connectivity index (χ0v) is 12.4. The Bertz CT molecular complexity index is 483. The van der Waals surface area contributed by atoms with E-state index in [1.165, 1.54) is 5.56 Å². The maximum Gasteiger partial charge on any atom is 0.318 e. The maximum atomic E-state index is 12.6. The van der Waals surface area contributed by atoms with E-state index in [4.69, 9.17) is 0 Å². The number of benzene rings is 1. The molecule has 1 saturated carbocycles. The summed E-state index contributed by atoms with van der Waals surface area (Å²) in [6.07, 6.45) is 5.94. The number of nitrogens with zero attached hydrogens (tertiary/aromatic N) is 1. The molecule has 1 aliphatic carbocycles. The van der Waals surface area contributed by atoms with Gasteiger partial charge >= 0.3 is 6.03 Å². The topological polar surface area (TPSA) is 52.6 Å². The molecule has 4 nitrogen and oxygen atoms in total. The van der Waals surface area contributed by atoms with Crippen LogP contribution in [0.4, 0.5) is 4.79 Å². The van der Waals surface area contributed by atoms with Gasteiger partial charge in [0.25, 0.3) is 0 Å². The summed E-state index contributed by atoms with van der Waals surface area (Å²) in [6, 6.07) is 10.5. The number of aliphatic hydroxyl groups is 1. The first-order chi connectivity index (χ1) is 10.2. The molecule has 1 aromatic rings. The number of likely N-dealkylation sites (tertiary alicyclic amines) is 1. The highest BCUT2D eigenvalue weighted by atomic mass is 16.3. The number of piperidine rings is 1. The molecule has 3 rings (SSSR count). The number of aliphatic hydroxyl groups excluding tert-OH is 1. The Labute approximate surface area is 126 Å². The third kappa shape index (κ3) is 3.05. The highest BCUT2D eigenvalue weighted by Gasteiger charge is 2.46. The highest BCUT2D eigenvalue weighted by Crippen LogP contribution is 2.45. The van der Waals surface area contributed by atoms with E-state index in [1.807, 2.05) is 23.1 Å². The molecular weight excluding hydrogens is 264 g/mol. The number of carbonyl (C=O) groups excluding carboxylic acids is 1. The van der Waals surface area contributed by atoms with Crippen molar-refractivity contribution in [2.24, 2.45) is 0 Å². The standard InChI is InChI=1S/C17H24N2O2/c20-13-9-15-8-4-5-12-19(15)16(21)18-17(10-11-17)14-6-2-1-3-7-14/h1-3,6-7,15,20H,4-5,8-13H2,(H,18,21)/t15-/m0/s1. The van der Waals surface area contributed by atoms with Gasteiger partial charge in [0.05, 0.1) is 5.54 Å². The SMILES string of the molecule is O=C(NC1(c2ccccc2)CC1)N1CCCC[C@H]1CCO. The Balaban J connectivity index is 1.68. The summed E-state index contributed by atoms with van der Waals surface area (Å²) in [5.41, 5.74) is 1.05. The fourth-order valence-electron chi connectivity index (χ4n) is 3.36. The number of carbonyl (C=O) groups is 1. The van der Waals surface area contributed by atoms with E-state index in [2.05, 4.69) is 17.4 Å². The Hall–Kier alpha value is -1.55. The molecule has 0 unspecified atom stereocenters. The van der Waals surface area contributed by atoms with E-state index >= 15 is 0 Å². The lowest BCUT2D eigenvalue weighted by Gasteiger charge is -2.36. The number of hydrogen-bond acceptors (Lipinski definition) is 2. The summed E-state index contributed by atoms with van der Waals surface area (Å²) < 4.78 is 0. The Morgan fingerprint density at radius 1 is 1.29 bits per heavy atom. The minimum absolute atomic E-state index is 0.0366. The van der Waals surface area contributed by atoms with E-state index in [0.717, 1.165) is 38.6 Å².